The van der Waals surface area contributed by atoms with Crippen LogP contribution in [0, 0.1) is 5.92 Å². The summed E-state index contributed by atoms with van der Waals surface area (Å²) in [6, 6.07) is 4.04. The van der Waals surface area contributed by atoms with Crippen LogP contribution >= 0.6 is 0 Å². The first kappa shape index (κ1) is 14.8. The molecule has 0 radical (unpaired) electrons. The van der Waals surface area contributed by atoms with Gasteiger partial charge in [0.25, 0.3) is 0 Å². The maximum absolute atomic E-state index is 12.7. The number of hydrogen-bond donors (Lipinski definition) is 2. The van der Waals surface area contributed by atoms with Crippen LogP contribution in [0.5, 0.6) is 0 Å². The summed E-state index contributed by atoms with van der Waals surface area (Å²) in [6.07, 6.45) is -2.57. The zero-order chi connectivity index (χ0) is 14.9. The third-order valence-corrected chi connectivity index (χ3v) is 3.38. The van der Waals surface area contributed by atoms with Crippen molar-refractivity contribution in [3.05, 3.63) is 35.4 Å². The van der Waals surface area contributed by atoms with Crippen LogP contribution in [-0.2, 0) is 11.0 Å². The first-order valence-electron chi connectivity index (χ1n) is 6.52. The van der Waals surface area contributed by atoms with Gasteiger partial charge in [0.15, 0.2) is 0 Å². The van der Waals surface area contributed by atoms with Gasteiger partial charge in [0.2, 0.25) is 5.91 Å². The lowest BCUT2D eigenvalue weighted by atomic mass is 9.99. The van der Waals surface area contributed by atoms with Gasteiger partial charge in [-0.1, -0.05) is 12.1 Å². The van der Waals surface area contributed by atoms with E-state index in [0.29, 0.717) is 5.56 Å². The minimum Gasteiger partial charge on any atom is -0.348 e. The Morgan fingerprint density at radius 3 is 2.55 bits per heavy atom. The van der Waals surface area contributed by atoms with E-state index in [0.717, 1.165) is 25.0 Å². The minimum absolute atomic E-state index is 0.196. The molecule has 1 aliphatic rings. The average Bonchev–Trinajstić information content (AvgIpc) is 3.18. The number of amides is 1. The van der Waals surface area contributed by atoms with Gasteiger partial charge in [-0.2, -0.15) is 13.2 Å². The average molecular weight is 286 g/mol. The number of hydrogen-bond acceptors (Lipinski definition) is 2. The van der Waals surface area contributed by atoms with Crippen molar-refractivity contribution in [2.24, 2.45) is 11.7 Å². The molecular formula is C14H17F3N2O. The summed E-state index contributed by atoms with van der Waals surface area (Å²) in [6.45, 7) is 1.55. The van der Waals surface area contributed by atoms with E-state index in [1.807, 2.05) is 0 Å². The number of rotatable bonds is 4. The molecule has 0 aliphatic heterocycles. The molecule has 1 saturated carbocycles. The van der Waals surface area contributed by atoms with Gasteiger partial charge in [0.05, 0.1) is 17.6 Å². The van der Waals surface area contributed by atoms with Gasteiger partial charge in [-0.05, 0) is 43.4 Å². The second-order valence-electron chi connectivity index (χ2n) is 5.24. The second-order valence-corrected chi connectivity index (χ2v) is 5.24. The molecule has 1 amide bonds. The van der Waals surface area contributed by atoms with Crippen molar-refractivity contribution in [1.82, 2.24) is 5.32 Å². The van der Waals surface area contributed by atoms with Crippen LogP contribution in [0.15, 0.2) is 24.3 Å². The second kappa shape index (κ2) is 5.44. The molecule has 3 N–H and O–H groups in total. The van der Waals surface area contributed by atoms with Gasteiger partial charge in [0, 0.05) is 0 Å². The largest absolute Gasteiger partial charge is 0.416 e. The zero-order valence-corrected chi connectivity index (χ0v) is 11.1. The first-order chi connectivity index (χ1) is 9.29. The van der Waals surface area contributed by atoms with E-state index in [2.05, 4.69) is 5.32 Å². The van der Waals surface area contributed by atoms with Crippen LogP contribution in [0.1, 0.15) is 36.9 Å². The van der Waals surface area contributed by atoms with Crippen LogP contribution in [-0.4, -0.2) is 11.9 Å². The van der Waals surface area contributed by atoms with Crippen molar-refractivity contribution in [2.45, 2.75) is 38.0 Å². The zero-order valence-electron chi connectivity index (χ0n) is 11.1. The number of carbonyl (C=O) groups is 1. The lowest BCUT2D eigenvalue weighted by molar-refractivity contribution is -0.137. The molecule has 3 nitrogen and oxygen atoms in total. The molecule has 0 saturated heterocycles. The molecule has 0 aromatic heterocycles. The lowest BCUT2D eigenvalue weighted by Crippen LogP contribution is -2.41. The highest BCUT2D eigenvalue weighted by molar-refractivity contribution is 5.81. The Morgan fingerprint density at radius 2 is 2.05 bits per heavy atom. The molecule has 2 unspecified atom stereocenters. The molecular weight excluding hydrogens is 269 g/mol. The Hall–Kier alpha value is -1.56. The Labute approximate surface area is 115 Å². The highest BCUT2D eigenvalue weighted by Crippen LogP contribution is 2.42. The minimum atomic E-state index is -4.38. The topological polar surface area (TPSA) is 55.1 Å². The molecule has 1 aliphatic carbocycles. The molecule has 2 atom stereocenters. The predicted octanol–water partition coefficient (Wildman–Crippen LogP) is 2.62. The van der Waals surface area contributed by atoms with E-state index >= 15 is 0 Å². The van der Waals surface area contributed by atoms with Gasteiger partial charge in [-0.25, -0.2) is 0 Å². The van der Waals surface area contributed by atoms with Crippen LogP contribution in [0.2, 0.25) is 0 Å². The van der Waals surface area contributed by atoms with E-state index in [-0.39, 0.29) is 11.8 Å². The monoisotopic (exact) mass is 286 g/mol. The van der Waals surface area contributed by atoms with E-state index < -0.39 is 23.8 Å². The molecule has 20 heavy (non-hydrogen) atoms. The fourth-order valence-corrected chi connectivity index (χ4v) is 2.10. The van der Waals surface area contributed by atoms with Crippen LogP contribution in [0.25, 0.3) is 0 Å². The Bertz CT molecular complexity index is 495. The number of nitrogens with one attached hydrogen (secondary N) is 1. The predicted molar refractivity (Wildman–Crippen MR) is 68.7 cm³/mol. The maximum atomic E-state index is 12.7. The Morgan fingerprint density at radius 1 is 1.40 bits per heavy atom. The summed E-state index contributed by atoms with van der Waals surface area (Å²) in [5.41, 5.74) is 5.27. The molecule has 1 fully saturated rings. The smallest absolute Gasteiger partial charge is 0.348 e. The van der Waals surface area contributed by atoms with Crippen molar-refractivity contribution in [3.63, 3.8) is 0 Å². The van der Waals surface area contributed by atoms with Crippen molar-refractivity contribution in [1.29, 1.82) is 0 Å². The summed E-state index contributed by atoms with van der Waals surface area (Å²) in [7, 11) is 0. The molecule has 1 aromatic rings. The highest BCUT2D eigenvalue weighted by Gasteiger charge is 2.36. The first-order valence-corrected chi connectivity index (χ1v) is 6.52. The van der Waals surface area contributed by atoms with Gasteiger partial charge in [-0.3, -0.25) is 4.79 Å². The number of nitrogens with two attached hydrogens (primary N) is 1. The van der Waals surface area contributed by atoms with Crippen LogP contribution in [0.3, 0.4) is 0 Å². The fraction of sp³-hybridized carbons (Fsp3) is 0.500. The van der Waals surface area contributed by atoms with Crippen molar-refractivity contribution < 1.29 is 18.0 Å². The Balaban J connectivity index is 2.24. The van der Waals surface area contributed by atoms with E-state index in [1.165, 1.54) is 6.07 Å². The summed E-state index contributed by atoms with van der Waals surface area (Å²) in [5.74, 6) is -0.152. The summed E-state index contributed by atoms with van der Waals surface area (Å²) in [5, 5.41) is 2.74. The van der Waals surface area contributed by atoms with Gasteiger partial charge < -0.3 is 11.1 Å². The molecule has 0 heterocycles. The fourth-order valence-electron chi connectivity index (χ4n) is 2.10. The summed E-state index contributed by atoms with van der Waals surface area (Å²) in [4.78, 5) is 11.7. The molecule has 110 valence electrons. The quantitative estimate of drug-likeness (QED) is 0.894. The van der Waals surface area contributed by atoms with Gasteiger partial charge in [0.1, 0.15) is 0 Å². The number of benzene rings is 1. The van der Waals surface area contributed by atoms with Crippen molar-refractivity contribution in [3.8, 4) is 0 Å². The molecule has 0 bridgehead atoms. The molecule has 1 aromatic carbocycles. The highest BCUT2D eigenvalue weighted by atomic mass is 19.4. The molecule has 0 spiro atoms. The Kier molecular flexibility index (Phi) is 4.04. The summed E-state index contributed by atoms with van der Waals surface area (Å²) < 4.78 is 38.2. The SMILES string of the molecule is CC(N)C(=O)NC(c1cccc(C(F)(F)F)c1)C1CC1. The molecule has 6 heteroatoms. The van der Waals surface area contributed by atoms with E-state index in [9.17, 15) is 18.0 Å². The number of carbonyl (C=O) groups excluding carboxylic acids is 1. The normalized spacial score (nSPS) is 18.4. The third-order valence-electron chi connectivity index (χ3n) is 3.38. The molecule has 2 rings (SSSR count). The van der Waals surface area contributed by atoms with Gasteiger partial charge >= 0.3 is 6.18 Å². The summed E-state index contributed by atoms with van der Waals surface area (Å²) >= 11 is 0. The lowest BCUT2D eigenvalue weighted by Gasteiger charge is -2.21. The number of halogens is 3. The maximum Gasteiger partial charge on any atom is 0.416 e. The van der Waals surface area contributed by atoms with E-state index in [4.69, 9.17) is 5.73 Å². The number of alkyl halides is 3. The van der Waals surface area contributed by atoms with Crippen LogP contribution < -0.4 is 11.1 Å². The van der Waals surface area contributed by atoms with E-state index in [1.54, 1.807) is 13.0 Å². The van der Waals surface area contributed by atoms with Crippen molar-refractivity contribution >= 4 is 5.91 Å². The third kappa shape index (κ3) is 3.50. The van der Waals surface area contributed by atoms with Gasteiger partial charge in [-0.15, -0.1) is 0 Å². The van der Waals surface area contributed by atoms with Crippen LogP contribution in [0.4, 0.5) is 13.2 Å². The van der Waals surface area contributed by atoms with Crippen molar-refractivity contribution in [2.75, 3.05) is 0 Å². The standard InChI is InChI=1S/C14H17F3N2O/c1-8(18)13(20)19-12(9-5-6-9)10-3-2-4-11(7-10)14(15,16)17/h2-4,7-9,12H,5-6,18H2,1H3,(H,19,20).